The number of aromatic nitrogens is 1. The molecule has 0 saturated carbocycles. The number of carbonyl (C=O) groups is 2. The van der Waals surface area contributed by atoms with Crippen molar-refractivity contribution in [3.8, 4) is 0 Å². The van der Waals surface area contributed by atoms with Gasteiger partial charge in [-0.2, -0.15) is 0 Å². The minimum Gasteiger partial charge on any atom is -0.444 e. The van der Waals surface area contributed by atoms with Crippen LogP contribution in [0.15, 0.2) is 35.1 Å². The van der Waals surface area contributed by atoms with Crippen LogP contribution >= 0.6 is 0 Å². The van der Waals surface area contributed by atoms with E-state index in [1.807, 2.05) is 44.2 Å². The first kappa shape index (κ1) is 21.5. The lowest BCUT2D eigenvalue weighted by atomic mass is 10.0. The Labute approximate surface area is 164 Å². The molecule has 1 heterocycles. The van der Waals surface area contributed by atoms with Gasteiger partial charge in [0.05, 0.1) is 0 Å². The van der Waals surface area contributed by atoms with E-state index in [1.165, 1.54) is 0 Å². The van der Waals surface area contributed by atoms with Crippen LogP contribution in [0.4, 0.5) is 4.79 Å². The monoisotopic (exact) mass is 387 g/mol. The highest BCUT2D eigenvalue weighted by Gasteiger charge is 2.26. The van der Waals surface area contributed by atoms with Crippen molar-refractivity contribution in [2.75, 3.05) is 6.54 Å². The number of fused-ring (bicyclic) bond motifs is 1. The van der Waals surface area contributed by atoms with E-state index in [4.69, 9.17) is 4.74 Å². The van der Waals surface area contributed by atoms with Crippen LogP contribution < -0.4 is 16.2 Å². The normalized spacial score (nSPS) is 12.6. The van der Waals surface area contributed by atoms with Crippen LogP contribution in [0, 0.1) is 5.92 Å². The van der Waals surface area contributed by atoms with E-state index in [9.17, 15) is 14.4 Å². The zero-order valence-electron chi connectivity index (χ0n) is 17.1. The third-order valence-corrected chi connectivity index (χ3v) is 4.15. The highest BCUT2D eigenvalue weighted by molar-refractivity contribution is 5.86. The minimum absolute atomic E-state index is 0.114. The zero-order chi connectivity index (χ0) is 20.9. The topological polar surface area (TPSA) is 100 Å². The van der Waals surface area contributed by atoms with Crippen molar-refractivity contribution in [3.63, 3.8) is 0 Å². The molecule has 3 N–H and O–H groups in total. The molecule has 1 atom stereocenters. The standard InChI is InChI=1S/C21H29N3O4/c1-13(2)17(24-20(27)28-21(3,4)5)19(26)22-11-10-15-12-14-8-6-7-9-16(14)23-18(15)25/h6-9,12-13,17H,10-11H2,1-5H3,(H,22,26)(H,23,25)(H,24,27). The molecule has 152 valence electrons. The van der Waals surface area contributed by atoms with E-state index < -0.39 is 17.7 Å². The van der Waals surface area contributed by atoms with E-state index in [1.54, 1.807) is 20.8 Å². The third-order valence-electron chi connectivity index (χ3n) is 4.15. The number of rotatable bonds is 6. The maximum Gasteiger partial charge on any atom is 0.408 e. The third kappa shape index (κ3) is 6.11. The number of hydrogen-bond donors (Lipinski definition) is 3. The highest BCUT2D eigenvalue weighted by Crippen LogP contribution is 2.11. The van der Waals surface area contributed by atoms with E-state index in [2.05, 4.69) is 15.6 Å². The maximum atomic E-state index is 12.5. The fourth-order valence-electron chi connectivity index (χ4n) is 2.78. The summed E-state index contributed by atoms with van der Waals surface area (Å²) >= 11 is 0. The quantitative estimate of drug-likeness (QED) is 0.709. The van der Waals surface area contributed by atoms with Crippen molar-refractivity contribution in [2.45, 2.75) is 52.7 Å². The summed E-state index contributed by atoms with van der Waals surface area (Å²) in [5.74, 6) is -0.422. The van der Waals surface area contributed by atoms with Crippen LogP contribution in [-0.2, 0) is 16.0 Å². The number of H-pyrrole nitrogens is 1. The second kappa shape index (κ2) is 8.91. The Morgan fingerprint density at radius 2 is 1.86 bits per heavy atom. The molecule has 1 aromatic carbocycles. The SMILES string of the molecule is CC(C)C(NC(=O)OC(C)(C)C)C(=O)NCCc1cc2ccccc2[nH]c1=O. The van der Waals surface area contributed by atoms with Gasteiger partial charge in [0.25, 0.3) is 5.56 Å². The van der Waals surface area contributed by atoms with Gasteiger partial charge in [-0.1, -0.05) is 32.0 Å². The van der Waals surface area contributed by atoms with Crippen molar-refractivity contribution in [2.24, 2.45) is 5.92 Å². The Balaban J connectivity index is 1.96. The maximum absolute atomic E-state index is 12.5. The van der Waals surface area contributed by atoms with Crippen LogP contribution in [0.2, 0.25) is 0 Å². The van der Waals surface area contributed by atoms with Gasteiger partial charge in [-0.3, -0.25) is 9.59 Å². The van der Waals surface area contributed by atoms with Gasteiger partial charge < -0.3 is 20.4 Å². The van der Waals surface area contributed by atoms with Gasteiger partial charge >= 0.3 is 6.09 Å². The number of pyridine rings is 1. The van der Waals surface area contributed by atoms with Gasteiger partial charge in [0.1, 0.15) is 11.6 Å². The van der Waals surface area contributed by atoms with E-state index >= 15 is 0 Å². The molecule has 0 bridgehead atoms. The molecular weight excluding hydrogens is 358 g/mol. The largest absolute Gasteiger partial charge is 0.444 e. The average Bonchev–Trinajstić information content (AvgIpc) is 2.58. The number of benzene rings is 1. The molecule has 2 amide bonds. The molecule has 0 fully saturated rings. The molecule has 1 aromatic heterocycles. The predicted molar refractivity (Wildman–Crippen MR) is 109 cm³/mol. The van der Waals surface area contributed by atoms with Crippen LogP contribution in [0.25, 0.3) is 10.9 Å². The Morgan fingerprint density at radius 3 is 2.50 bits per heavy atom. The van der Waals surface area contributed by atoms with Crippen LogP contribution in [0.5, 0.6) is 0 Å². The summed E-state index contributed by atoms with van der Waals surface area (Å²) < 4.78 is 5.22. The van der Waals surface area contributed by atoms with Crippen molar-refractivity contribution in [1.29, 1.82) is 0 Å². The first-order valence-corrected chi connectivity index (χ1v) is 9.45. The van der Waals surface area contributed by atoms with Crippen molar-refractivity contribution < 1.29 is 14.3 Å². The second-order valence-electron chi connectivity index (χ2n) is 8.12. The molecule has 1 unspecified atom stereocenters. The molecule has 0 aliphatic heterocycles. The fourth-order valence-corrected chi connectivity index (χ4v) is 2.78. The number of alkyl carbamates (subject to hydrolysis) is 1. The number of carbonyl (C=O) groups excluding carboxylic acids is 2. The zero-order valence-corrected chi connectivity index (χ0v) is 17.1. The minimum atomic E-state index is -0.718. The van der Waals surface area contributed by atoms with Crippen LogP contribution in [-0.4, -0.2) is 35.2 Å². The second-order valence-corrected chi connectivity index (χ2v) is 8.12. The number of ether oxygens (including phenoxy) is 1. The Bertz CT molecular complexity index is 896. The van der Waals surface area contributed by atoms with Crippen LogP contribution in [0.3, 0.4) is 0 Å². The smallest absolute Gasteiger partial charge is 0.408 e. The number of hydrogen-bond acceptors (Lipinski definition) is 4. The average molecular weight is 387 g/mol. The molecule has 2 aromatic rings. The van der Waals surface area contributed by atoms with Gasteiger partial charge in [-0.25, -0.2) is 4.79 Å². The summed E-state index contributed by atoms with van der Waals surface area (Å²) in [7, 11) is 0. The first-order valence-electron chi connectivity index (χ1n) is 9.45. The lowest BCUT2D eigenvalue weighted by molar-refractivity contribution is -0.124. The van der Waals surface area contributed by atoms with Crippen LogP contribution in [0.1, 0.15) is 40.2 Å². The Morgan fingerprint density at radius 1 is 1.18 bits per heavy atom. The molecule has 2 rings (SSSR count). The molecular formula is C21H29N3O4. The van der Waals surface area contributed by atoms with E-state index in [0.717, 1.165) is 10.9 Å². The lowest BCUT2D eigenvalue weighted by Gasteiger charge is -2.25. The van der Waals surface area contributed by atoms with Crippen molar-refractivity contribution in [1.82, 2.24) is 15.6 Å². The van der Waals surface area contributed by atoms with Gasteiger partial charge in [0.2, 0.25) is 5.91 Å². The molecule has 28 heavy (non-hydrogen) atoms. The summed E-state index contributed by atoms with van der Waals surface area (Å²) in [6, 6.07) is 8.65. The first-order chi connectivity index (χ1) is 13.1. The van der Waals surface area contributed by atoms with Gasteiger partial charge in [-0.05, 0) is 50.6 Å². The molecule has 7 nitrogen and oxygen atoms in total. The van der Waals surface area contributed by atoms with Crippen molar-refractivity contribution >= 4 is 22.9 Å². The molecule has 0 aliphatic rings. The highest BCUT2D eigenvalue weighted by atomic mass is 16.6. The van der Waals surface area contributed by atoms with E-state index in [0.29, 0.717) is 18.5 Å². The number of aromatic amines is 1. The van der Waals surface area contributed by atoms with Gasteiger partial charge in [-0.15, -0.1) is 0 Å². The van der Waals surface area contributed by atoms with Gasteiger partial charge in [0, 0.05) is 17.6 Å². The van der Waals surface area contributed by atoms with Crippen molar-refractivity contribution in [3.05, 3.63) is 46.2 Å². The summed E-state index contributed by atoms with van der Waals surface area (Å²) in [5.41, 5.74) is 0.571. The summed E-state index contributed by atoms with van der Waals surface area (Å²) in [4.78, 5) is 39.5. The summed E-state index contributed by atoms with van der Waals surface area (Å²) in [6.45, 7) is 9.26. The van der Waals surface area contributed by atoms with Gasteiger partial charge in [0.15, 0.2) is 0 Å². The number of nitrogens with one attached hydrogen (secondary N) is 3. The molecule has 0 saturated heterocycles. The molecule has 0 aliphatic carbocycles. The van der Waals surface area contributed by atoms with E-state index in [-0.39, 0.29) is 17.4 Å². The molecule has 0 spiro atoms. The Hall–Kier alpha value is -2.83. The predicted octanol–water partition coefficient (Wildman–Crippen LogP) is 2.74. The Kier molecular flexibility index (Phi) is 6.83. The summed E-state index contributed by atoms with van der Waals surface area (Å²) in [5, 5.41) is 6.35. The fraction of sp³-hybridized carbons (Fsp3) is 0.476. The molecule has 7 heteroatoms. The number of para-hydroxylation sites is 1. The lowest BCUT2D eigenvalue weighted by Crippen LogP contribution is -2.51. The summed E-state index contributed by atoms with van der Waals surface area (Å²) in [6.07, 6.45) is -0.240. The molecule has 0 radical (unpaired) electrons. The number of amides is 2.